The Kier molecular flexibility index (Phi) is 4.59. The van der Waals surface area contributed by atoms with E-state index in [2.05, 4.69) is 4.98 Å². The molecule has 20 heavy (non-hydrogen) atoms. The summed E-state index contributed by atoms with van der Waals surface area (Å²) in [6.07, 6.45) is 1.49. The van der Waals surface area contributed by atoms with E-state index >= 15 is 0 Å². The van der Waals surface area contributed by atoms with E-state index in [9.17, 15) is 8.42 Å². The minimum absolute atomic E-state index is 0.260. The molecule has 3 N–H and O–H groups in total. The lowest BCUT2D eigenvalue weighted by atomic mass is 10.2. The molecule has 0 aliphatic carbocycles. The topological polar surface area (TPSA) is 79.2 Å². The van der Waals surface area contributed by atoms with Crippen LogP contribution in [0.3, 0.4) is 0 Å². The van der Waals surface area contributed by atoms with E-state index < -0.39 is 10.0 Å². The number of sulfonamides is 1. The van der Waals surface area contributed by atoms with Gasteiger partial charge in [-0.25, -0.2) is 8.42 Å². The highest BCUT2D eigenvalue weighted by Crippen LogP contribution is 2.19. The van der Waals surface area contributed by atoms with E-state index in [0.29, 0.717) is 25.3 Å². The van der Waals surface area contributed by atoms with Crippen molar-refractivity contribution in [1.29, 1.82) is 0 Å². The lowest BCUT2D eigenvalue weighted by molar-refractivity contribution is 0.423. The molecule has 0 aliphatic rings. The molecular weight excluding hydrogens is 274 g/mol. The van der Waals surface area contributed by atoms with Gasteiger partial charge in [-0.15, -0.1) is 0 Å². The number of nitrogens with zero attached hydrogens (tertiary/aromatic N) is 1. The standard InChI is InChI=1S/C14H19N3O2S/c1-2-17(11-12-6-4-3-5-7-12)20(18,19)14-8-13(9-15)16-10-14/h3-8,10,16H,2,9,11,15H2,1H3. The second-order valence-electron chi connectivity index (χ2n) is 4.48. The van der Waals surface area contributed by atoms with Gasteiger partial charge >= 0.3 is 0 Å². The average molecular weight is 293 g/mol. The van der Waals surface area contributed by atoms with Gasteiger partial charge < -0.3 is 10.7 Å². The maximum Gasteiger partial charge on any atom is 0.244 e. The molecule has 0 amide bonds. The van der Waals surface area contributed by atoms with Crippen molar-refractivity contribution in [2.45, 2.75) is 24.9 Å². The molecule has 0 bridgehead atoms. The fourth-order valence-corrected chi connectivity index (χ4v) is 3.44. The number of benzene rings is 1. The van der Waals surface area contributed by atoms with Crippen molar-refractivity contribution in [2.24, 2.45) is 5.73 Å². The van der Waals surface area contributed by atoms with E-state index in [1.807, 2.05) is 37.3 Å². The Labute approximate surface area is 119 Å². The normalized spacial score (nSPS) is 11.9. The first kappa shape index (κ1) is 14.8. The van der Waals surface area contributed by atoms with Crippen LogP contribution in [0.4, 0.5) is 0 Å². The summed E-state index contributed by atoms with van der Waals surface area (Å²) in [5, 5.41) is 0. The Balaban J connectivity index is 2.25. The molecule has 0 atom stereocenters. The van der Waals surface area contributed by atoms with Gasteiger partial charge in [0.05, 0.1) is 4.90 Å². The largest absolute Gasteiger partial charge is 0.363 e. The van der Waals surface area contributed by atoms with Crippen LogP contribution in [0, 0.1) is 0 Å². The minimum atomic E-state index is -3.49. The molecule has 6 heteroatoms. The first-order valence-electron chi connectivity index (χ1n) is 6.49. The monoisotopic (exact) mass is 293 g/mol. The van der Waals surface area contributed by atoms with Crippen LogP contribution in [0.25, 0.3) is 0 Å². The third-order valence-electron chi connectivity index (χ3n) is 3.13. The number of aromatic nitrogens is 1. The highest BCUT2D eigenvalue weighted by Gasteiger charge is 2.24. The zero-order valence-electron chi connectivity index (χ0n) is 11.4. The Bertz CT molecular complexity index is 650. The highest BCUT2D eigenvalue weighted by atomic mass is 32.2. The molecule has 0 aliphatic heterocycles. The number of hydrogen-bond donors (Lipinski definition) is 2. The molecule has 0 saturated carbocycles. The number of rotatable bonds is 6. The molecule has 1 aromatic carbocycles. The number of aromatic amines is 1. The maximum absolute atomic E-state index is 12.6. The molecule has 1 heterocycles. The van der Waals surface area contributed by atoms with Crippen molar-refractivity contribution < 1.29 is 8.42 Å². The second-order valence-corrected chi connectivity index (χ2v) is 6.42. The zero-order valence-corrected chi connectivity index (χ0v) is 12.2. The molecule has 2 rings (SSSR count). The molecule has 2 aromatic rings. The van der Waals surface area contributed by atoms with Crippen molar-refractivity contribution in [1.82, 2.24) is 9.29 Å². The van der Waals surface area contributed by atoms with Crippen LogP contribution < -0.4 is 5.73 Å². The molecule has 0 saturated heterocycles. The zero-order chi connectivity index (χ0) is 14.6. The Hall–Kier alpha value is -1.63. The fourth-order valence-electron chi connectivity index (χ4n) is 1.99. The SMILES string of the molecule is CCN(Cc1ccccc1)S(=O)(=O)c1c[nH]c(CN)c1. The summed E-state index contributed by atoms with van der Waals surface area (Å²) >= 11 is 0. The van der Waals surface area contributed by atoms with E-state index in [1.54, 1.807) is 6.07 Å². The average Bonchev–Trinajstić information content (AvgIpc) is 2.95. The van der Waals surface area contributed by atoms with Gasteiger partial charge in [-0.1, -0.05) is 37.3 Å². The van der Waals surface area contributed by atoms with Gasteiger partial charge in [0.1, 0.15) is 0 Å². The third-order valence-corrected chi connectivity index (χ3v) is 5.03. The van der Waals surface area contributed by atoms with E-state index in [-0.39, 0.29) is 4.90 Å². The molecule has 1 aromatic heterocycles. The van der Waals surface area contributed by atoms with Crippen LogP contribution in [-0.4, -0.2) is 24.3 Å². The van der Waals surface area contributed by atoms with Crippen LogP contribution in [0.1, 0.15) is 18.2 Å². The van der Waals surface area contributed by atoms with E-state index in [1.165, 1.54) is 10.5 Å². The third kappa shape index (κ3) is 3.09. The Morgan fingerprint density at radius 1 is 1.25 bits per heavy atom. The summed E-state index contributed by atoms with van der Waals surface area (Å²) in [5.74, 6) is 0. The van der Waals surface area contributed by atoms with Crippen molar-refractivity contribution in [3.63, 3.8) is 0 Å². The maximum atomic E-state index is 12.6. The smallest absolute Gasteiger partial charge is 0.244 e. The lowest BCUT2D eigenvalue weighted by Gasteiger charge is -2.19. The molecule has 0 fully saturated rings. The summed E-state index contributed by atoms with van der Waals surface area (Å²) < 4.78 is 26.6. The van der Waals surface area contributed by atoms with Crippen LogP contribution in [0.15, 0.2) is 47.5 Å². The number of H-pyrrole nitrogens is 1. The second kappa shape index (κ2) is 6.21. The molecule has 108 valence electrons. The predicted octanol–water partition coefficient (Wildman–Crippen LogP) is 1.68. The molecule has 0 spiro atoms. The van der Waals surface area contributed by atoms with Gasteiger partial charge in [0.15, 0.2) is 0 Å². The van der Waals surface area contributed by atoms with Gasteiger partial charge in [0, 0.05) is 31.5 Å². The Morgan fingerprint density at radius 2 is 1.95 bits per heavy atom. The fraction of sp³-hybridized carbons (Fsp3) is 0.286. The van der Waals surface area contributed by atoms with Crippen molar-refractivity contribution in [3.8, 4) is 0 Å². The Morgan fingerprint density at radius 3 is 2.50 bits per heavy atom. The van der Waals surface area contributed by atoms with Gasteiger partial charge in [-0.3, -0.25) is 0 Å². The lowest BCUT2D eigenvalue weighted by Crippen LogP contribution is -2.30. The van der Waals surface area contributed by atoms with Gasteiger partial charge in [0.2, 0.25) is 10.0 Å². The summed E-state index contributed by atoms with van der Waals surface area (Å²) in [6.45, 7) is 2.90. The van der Waals surface area contributed by atoms with E-state index in [0.717, 1.165) is 5.56 Å². The van der Waals surface area contributed by atoms with Gasteiger partial charge in [-0.2, -0.15) is 4.31 Å². The van der Waals surface area contributed by atoms with Crippen LogP contribution in [0.2, 0.25) is 0 Å². The number of nitrogens with two attached hydrogens (primary N) is 1. The van der Waals surface area contributed by atoms with Crippen LogP contribution in [-0.2, 0) is 23.1 Å². The molecule has 0 radical (unpaired) electrons. The van der Waals surface area contributed by atoms with Crippen LogP contribution >= 0.6 is 0 Å². The number of hydrogen-bond acceptors (Lipinski definition) is 3. The summed E-state index contributed by atoms with van der Waals surface area (Å²) in [6, 6.07) is 11.1. The number of nitrogens with one attached hydrogen (secondary N) is 1. The summed E-state index contributed by atoms with van der Waals surface area (Å²) in [5.41, 5.74) is 7.17. The van der Waals surface area contributed by atoms with Crippen LogP contribution in [0.5, 0.6) is 0 Å². The quantitative estimate of drug-likeness (QED) is 0.850. The van der Waals surface area contributed by atoms with Crippen molar-refractivity contribution >= 4 is 10.0 Å². The first-order valence-corrected chi connectivity index (χ1v) is 7.93. The molecular formula is C14H19N3O2S. The van der Waals surface area contributed by atoms with Gasteiger partial charge in [0.25, 0.3) is 0 Å². The molecule has 5 nitrogen and oxygen atoms in total. The highest BCUT2D eigenvalue weighted by molar-refractivity contribution is 7.89. The van der Waals surface area contributed by atoms with E-state index in [4.69, 9.17) is 5.73 Å². The predicted molar refractivity (Wildman–Crippen MR) is 78.4 cm³/mol. The summed E-state index contributed by atoms with van der Waals surface area (Å²) in [7, 11) is -3.49. The summed E-state index contributed by atoms with van der Waals surface area (Å²) in [4.78, 5) is 3.13. The van der Waals surface area contributed by atoms with Gasteiger partial charge in [-0.05, 0) is 11.6 Å². The first-order chi connectivity index (χ1) is 9.57. The minimum Gasteiger partial charge on any atom is -0.363 e. The van der Waals surface area contributed by atoms with Crippen molar-refractivity contribution in [3.05, 3.63) is 53.9 Å². The van der Waals surface area contributed by atoms with Crippen molar-refractivity contribution in [2.75, 3.05) is 6.54 Å². The molecule has 0 unspecified atom stereocenters.